The normalized spacial score (nSPS) is 20.6. The molecule has 1 aromatic carbocycles. The van der Waals surface area contributed by atoms with Crippen LogP contribution in [0.5, 0.6) is 0 Å². The molecule has 1 unspecified atom stereocenters. The van der Waals surface area contributed by atoms with Gasteiger partial charge in [-0.25, -0.2) is 9.07 Å². The molecule has 2 aliphatic rings. The van der Waals surface area contributed by atoms with Crippen LogP contribution in [0, 0.1) is 5.82 Å². The van der Waals surface area contributed by atoms with Gasteiger partial charge in [0.15, 0.2) is 5.82 Å². The van der Waals surface area contributed by atoms with Crippen molar-refractivity contribution in [1.82, 2.24) is 30.0 Å². The molecule has 1 saturated heterocycles. The van der Waals surface area contributed by atoms with Gasteiger partial charge in [0.1, 0.15) is 11.9 Å². The first-order valence-corrected chi connectivity index (χ1v) is 10.5. The van der Waals surface area contributed by atoms with Crippen LogP contribution in [0.3, 0.4) is 0 Å². The zero-order valence-corrected chi connectivity index (χ0v) is 18.3. The predicted octanol–water partition coefficient (Wildman–Crippen LogP) is 0.221. The lowest BCUT2D eigenvalue weighted by Gasteiger charge is -2.41. The largest absolute Gasteiger partial charge is 1.00 e. The van der Waals surface area contributed by atoms with Crippen molar-refractivity contribution in [1.29, 1.82) is 0 Å². The average molecular weight is 422 g/mol. The third-order valence-electron chi connectivity index (χ3n) is 6.13. The van der Waals surface area contributed by atoms with Crippen LogP contribution in [0.4, 0.5) is 4.39 Å². The Morgan fingerprint density at radius 2 is 1.69 bits per heavy atom. The summed E-state index contributed by atoms with van der Waals surface area (Å²) >= 11 is 0. The molecule has 0 bridgehead atoms. The molecule has 1 aliphatic carbocycles. The SMILES string of the molecule is CC(C)(C)n1nnnc1C(c1ccccc1F)N1CCN(C2CCCC2)CC1.[Cl-]. The summed E-state index contributed by atoms with van der Waals surface area (Å²) < 4.78 is 16.7. The zero-order chi connectivity index (χ0) is 19.7. The summed E-state index contributed by atoms with van der Waals surface area (Å²) in [6, 6.07) is 7.48. The van der Waals surface area contributed by atoms with Crippen LogP contribution < -0.4 is 12.4 Å². The molecule has 2 fully saturated rings. The number of rotatable bonds is 4. The molecule has 4 rings (SSSR count). The molecule has 0 radical (unpaired) electrons. The smallest absolute Gasteiger partial charge is 0.173 e. The fourth-order valence-electron chi connectivity index (χ4n) is 4.67. The van der Waals surface area contributed by atoms with Crippen molar-refractivity contribution in [3.8, 4) is 0 Å². The van der Waals surface area contributed by atoms with Crippen LogP contribution in [0.1, 0.15) is 63.9 Å². The summed E-state index contributed by atoms with van der Waals surface area (Å²) in [4.78, 5) is 4.96. The molecule has 160 valence electrons. The number of benzene rings is 1. The lowest BCUT2D eigenvalue weighted by molar-refractivity contribution is -0.00000736. The van der Waals surface area contributed by atoms with Crippen LogP contribution in [0.15, 0.2) is 24.3 Å². The Morgan fingerprint density at radius 3 is 2.31 bits per heavy atom. The van der Waals surface area contributed by atoms with Gasteiger partial charge in [-0.3, -0.25) is 9.80 Å². The van der Waals surface area contributed by atoms with E-state index in [1.165, 1.54) is 31.7 Å². The van der Waals surface area contributed by atoms with Gasteiger partial charge in [0, 0.05) is 37.8 Å². The topological polar surface area (TPSA) is 50.1 Å². The number of piperazine rings is 1. The second-order valence-corrected chi connectivity index (χ2v) is 9.05. The van der Waals surface area contributed by atoms with E-state index in [1.807, 2.05) is 16.8 Å². The maximum absolute atomic E-state index is 14.8. The first-order chi connectivity index (χ1) is 13.4. The molecule has 1 saturated carbocycles. The van der Waals surface area contributed by atoms with E-state index in [0.29, 0.717) is 11.4 Å². The highest BCUT2D eigenvalue weighted by molar-refractivity contribution is 5.27. The van der Waals surface area contributed by atoms with Gasteiger partial charge in [-0.05, 0) is 50.1 Å². The summed E-state index contributed by atoms with van der Waals surface area (Å²) in [5, 5.41) is 12.5. The van der Waals surface area contributed by atoms with E-state index in [4.69, 9.17) is 0 Å². The number of hydrogen-bond donors (Lipinski definition) is 0. The lowest BCUT2D eigenvalue weighted by Crippen LogP contribution is -3.00. The summed E-state index contributed by atoms with van der Waals surface area (Å²) in [7, 11) is 0. The van der Waals surface area contributed by atoms with Gasteiger partial charge in [-0.1, -0.05) is 31.0 Å². The Kier molecular flexibility index (Phi) is 6.91. The maximum Gasteiger partial charge on any atom is 0.173 e. The monoisotopic (exact) mass is 421 g/mol. The van der Waals surface area contributed by atoms with Gasteiger partial charge >= 0.3 is 0 Å². The molecule has 1 aliphatic heterocycles. The second kappa shape index (κ2) is 9.06. The average Bonchev–Trinajstić information content (AvgIpc) is 3.36. The Hall–Kier alpha value is -1.57. The van der Waals surface area contributed by atoms with Gasteiger partial charge in [0.2, 0.25) is 0 Å². The van der Waals surface area contributed by atoms with E-state index >= 15 is 0 Å². The van der Waals surface area contributed by atoms with E-state index in [9.17, 15) is 4.39 Å². The highest BCUT2D eigenvalue weighted by atomic mass is 35.5. The second-order valence-electron chi connectivity index (χ2n) is 9.05. The number of hydrogen-bond acceptors (Lipinski definition) is 5. The van der Waals surface area contributed by atoms with Crippen molar-refractivity contribution < 1.29 is 16.8 Å². The van der Waals surface area contributed by atoms with Gasteiger partial charge < -0.3 is 12.4 Å². The van der Waals surface area contributed by atoms with Crippen molar-refractivity contribution in [2.24, 2.45) is 0 Å². The Balaban J connectivity index is 0.00000240. The summed E-state index contributed by atoms with van der Waals surface area (Å²) in [5.74, 6) is 0.515. The number of tetrazole rings is 1. The quantitative estimate of drug-likeness (QED) is 0.707. The molecule has 6 nitrogen and oxygen atoms in total. The molecule has 0 spiro atoms. The Morgan fingerprint density at radius 1 is 1.03 bits per heavy atom. The molecule has 2 heterocycles. The lowest BCUT2D eigenvalue weighted by atomic mass is 10.0. The van der Waals surface area contributed by atoms with Crippen molar-refractivity contribution in [3.05, 3.63) is 41.5 Å². The maximum atomic E-state index is 14.8. The number of halogens is 2. The van der Waals surface area contributed by atoms with Crippen molar-refractivity contribution >= 4 is 0 Å². The van der Waals surface area contributed by atoms with E-state index < -0.39 is 0 Å². The van der Waals surface area contributed by atoms with Crippen molar-refractivity contribution in [3.63, 3.8) is 0 Å². The Labute approximate surface area is 178 Å². The van der Waals surface area contributed by atoms with E-state index in [2.05, 4.69) is 46.1 Å². The van der Waals surface area contributed by atoms with Crippen LogP contribution >= 0.6 is 0 Å². The predicted molar refractivity (Wildman–Crippen MR) is 106 cm³/mol. The van der Waals surface area contributed by atoms with Crippen LogP contribution in [-0.2, 0) is 5.54 Å². The zero-order valence-electron chi connectivity index (χ0n) is 17.6. The molecular weight excluding hydrogens is 391 g/mol. The summed E-state index contributed by atoms with van der Waals surface area (Å²) in [5.41, 5.74) is 0.380. The first-order valence-electron chi connectivity index (χ1n) is 10.5. The molecule has 1 aromatic heterocycles. The highest BCUT2D eigenvalue weighted by Crippen LogP contribution is 2.33. The van der Waals surface area contributed by atoms with Crippen molar-refractivity contribution in [2.75, 3.05) is 26.2 Å². The Bertz CT molecular complexity index is 790. The van der Waals surface area contributed by atoms with Gasteiger partial charge in [0.05, 0.1) is 5.54 Å². The molecule has 29 heavy (non-hydrogen) atoms. The van der Waals surface area contributed by atoms with Crippen molar-refractivity contribution in [2.45, 2.75) is 64.1 Å². The third kappa shape index (κ3) is 4.62. The minimum Gasteiger partial charge on any atom is -1.00 e. The van der Waals surface area contributed by atoms with E-state index in [-0.39, 0.29) is 29.8 Å². The molecule has 0 amide bonds. The van der Waals surface area contributed by atoms with Crippen LogP contribution in [-0.4, -0.2) is 62.2 Å². The molecule has 2 aromatic rings. The minimum atomic E-state index is -0.277. The fourth-order valence-corrected chi connectivity index (χ4v) is 4.67. The first kappa shape index (κ1) is 22.1. The van der Waals surface area contributed by atoms with Gasteiger partial charge in [-0.2, -0.15) is 0 Å². The molecule has 1 atom stereocenters. The minimum absolute atomic E-state index is 0. The highest BCUT2D eigenvalue weighted by Gasteiger charge is 2.35. The summed E-state index contributed by atoms with van der Waals surface area (Å²) in [6.07, 6.45) is 5.34. The van der Waals surface area contributed by atoms with Gasteiger partial charge in [0.25, 0.3) is 0 Å². The molecule has 0 N–H and O–H groups in total. The molecule has 8 heteroatoms. The third-order valence-corrected chi connectivity index (χ3v) is 6.13. The van der Waals surface area contributed by atoms with Crippen LogP contribution in [0.2, 0.25) is 0 Å². The summed E-state index contributed by atoms with van der Waals surface area (Å²) in [6.45, 7) is 10.0. The fraction of sp³-hybridized carbons (Fsp3) is 0.667. The van der Waals surface area contributed by atoms with Crippen LogP contribution in [0.25, 0.3) is 0 Å². The standard InChI is InChI=1S/C21H31FN6.ClH/c1-21(2,3)28-20(23-24-25-28)19(17-10-6-7-11-18(17)22)27-14-12-26(13-15-27)16-8-4-5-9-16;/h6-7,10-11,16,19H,4-5,8-9,12-15H2,1-3H3;1H/p-1. The number of aromatic nitrogens is 4. The van der Waals surface area contributed by atoms with E-state index in [0.717, 1.165) is 32.2 Å². The number of nitrogens with zero attached hydrogens (tertiary/aromatic N) is 6. The van der Waals surface area contributed by atoms with E-state index in [1.54, 1.807) is 6.07 Å². The molecular formula is C21H31ClFN6-. The van der Waals surface area contributed by atoms with Gasteiger partial charge in [-0.15, -0.1) is 5.10 Å².